The van der Waals surface area contributed by atoms with Crippen molar-refractivity contribution < 1.29 is 14.1 Å². The Bertz CT molecular complexity index is 1240. The molecule has 2 atom stereocenters. The molecule has 1 aliphatic carbocycles. The van der Waals surface area contributed by atoms with Gasteiger partial charge in [0.15, 0.2) is 0 Å². The van der Waals surface area contributed by atoms with Crippen LogP contribution in [0.1, 0.15) is 61.3 Å². The molecule has 1 saturated heterocycles. The van der Waals surface area contributed by atoms with Gasteiger partial charge in [0.25, 0.3) is 5.91 Å². The molecule has 36 heavy (non-hydrogen) atoms. The fraction of sp³-hybridized carbons (Fsp3) is 0.429. The molecule has 0 radical (unpaired) electrons. The number of hydrogen-bond donors (Lipinski definition) is 1. The van der Waals surface area contributed by atoms with Crippen LogP contribution in [-0.2, 0) is 17.8 Å². The third kappa shape index (κ3) is 4.53. The van der Waals surface area contributed by atoms with Crippen LogP contribution in [0.3, 0.4) is 0 Å². The molecule has 190 valence electrons. The van der Waals surface area contributed by atoms with E-state index in [0.717, 1.165) is 24.9 Å². The second kappa shape index (κ2) is 9.57. The normalized spacial score (nSPS) is 19.8. The highest BCUT2D eigenvalue weighted by Crippen LogP contribution is 2.52. The average molecular weight is 507 g/mol. The summed E-state index contributed by atoms with van der Waals surface area (Å²) in [6, 6.07) is 17.8. The van der Waals surface area contributed by atoms with Crippen molar-refractivity contribution in [3.63, 3.8) is 0 Å². The summed E-state index contributed by atoms with van der Waals surface area (Å²) in [5.41, 5.74) is 3.82. The van der Waals surface area contributed by atoms with Crippen LogP contribution in [0.15, 0.2) is 60.8 Å². The van der Waals surface area contributed by atoms with Crippen LogP contribution in [-0.4, -0.2) is 50.1 Å². The summed E-state index contributed by atoms with van der Waals surface area (Å²) in [5.74, 6) is 0.691. The average Bonchev–Trinajstić information content (AvgIpc) is 3.47. The van der Waals surface area contributed by atoms with E-state index in [-0.39, 0.29) is 22.1 Å². The number of likely N-dealkylation sites (tertiary alicyclic amines) is 1. The largest absolute Gasteiger partial charge is 0.598 e. The fourth-order valence-corrected chi connectivity index (χ4v) is 6.40. The van der Waals surface area contributed by atoms with Crippen LogP contribution in [0.4, 0.5) is 0 Å². The zero-order valence-corrected chi connectivity index (χ0v) is 22.2. The Morgan fingerprint density at radius 2 is 1.89 bits per heavy atom. The number of methoxy groups -OCH3 is 1. The highest BCUT2D eigenvalue weighted by Gasteiger charge is 2.50. The fourth-order valence-electron chi connectivity index (χ4n) is 5.46. The standard InChI is InChI=1S/C28H34N4O3S/c1-27(2,3)36(34)30-25-23-11-6-5-8-20(23)19-28(25)13-16-31(17-14-28)26(33)24-12-15-29-32(24)21-9-7-10-22(18-21)35-4/h5-12,15,18,25,30H,13-14,16-17,19H2,1-4H3/t25-,36-/m1/s1. The second-order valence-electron chi connectivity index (χ2n) is 10.8. The zero-order chi connectivity index (χ0) is 25.5. The Morgan fingerprint density at radius 3 is 2.61 bits per heavy atom. The molecule has 1 aliphatic heterocycles. The second-order valence-corrected chi connectivity index (χ2v) is 12.8. The van der Waals surface area contributed by atoms with Gasteiger partial charge < -0.3 is 14.2 Å². The molecule has 7 nitrogen and oxygen atoms in total. The summed E-state index contributed by atoms with van der Waals surface area (Å²) in [5, 5.41) is 4.41. The van der Waals surface area contributed by atoms with Crippen molar-refractivity contribution in [2.24, 2.45) is 5.41 Å². The van der Waals surface area contributed by atoms with Gasteiger partial charge in [0, 0.05) is 35.9 Å². The molecule has 2 heterocycles. The summed E-state index contributed by atoms with van der Waals surface area (Å²) in [7, 11) is 1.62. The van der Waals surface area contributed by atoms with Gasteiger partial charge >= 0.3 is 0 Å². The zero-order valence-electron chi connectivity index (χ0n) is 21.4. The van der Waals surface area contributed by atoms with Crippen LogP contribution in [0.5, 0.6) is 5.75 Å². The summed E-state index contributed by atoms with van der Waals surface area (Å²) >= 11 is -1.18. The molecule has 1 spiro atoms. The van der Waals surface area contributed by atoms with Gasteiger partial charge in [0.2, 0.25) is 0 Å². The first kappa shape index (κ1) is 24.9. The van der Waals surface area contributed by atoms with E-state index in [4.69, 9.17) is 4.74 Å². The summed E-state index contributed by atoms with van der Waals surface area (Å²) in [4.78, 5) is 15.5. The molecule has 2 aliphatic rings. The first-order valence-corrected chi connectivity index (χ1v) is 13.6. The number of nitrogens with one attached hydrogen (secondary N) is 1. The minimum atomic E-state index is -1.18. The number of benzene rings is 2. The third-order valence-corrected chi connectivity index (χ3v) is 9.07. The number of ether oxygens (including phenoxy) is 1. The predicted octanol–water partition coefficient (Wildman–Crippen LogP) is 4.45. The first-order chi connectivity index (χ1) is 17.2. The number of nitrogens with zero attached hydrogens (tertiary/aromatic N) is 3. The Morgan fingerprint density at radius 1 is 1.14 bits per heavy atom. The third-order valence-electron chi connectivity index (χ3n) is 7.51. The monoisotopic (exact) mass is 506 g/mol. The lowest BCUT2D eigenvalue weighted by Crippen LogP contribution is -2.50. The lowest BCUT2D eigenvalue weighted by Gasteiger charge is -2.43. The lowest BCUT2D eigenvalue weighted by molar-refractivity contribution is 0.0518. The van der Waals surface area contributed by atoms with Crippen LogP contribution >= 0.6 is 0 Å². The van der Waals surface area contributed by atoms with Crippen molar-refractivity contribution in [3.8, 4) is 11.4 Å². The van der Waals surface area contributed by atoms with Gasteiger partial charge in [0.05, 0.1) is 25.0 Å². The van der Waals surface area contributed by atoms with Gasteiger partial charge in [-0.1, -0.05) is 30.3 Å². The van der Waals surface area contributed by atoms with E-state index in [1.807, 2.05) is 49.9 Å². The molecule has 8 heteroatoms. The van der Waals surface area contributed by atoms with Gasteiger partial charge in [-0.2, -0.15) is 5.10 Å². The highest BCUT2D eigenvalue weighted by molar-refractivity contribution is 7.90. The number of carbonyl (C=O) groups is 1. The predicted molar refractivity (Wildman–Crippen MR) is 142 cm³/mol. The quantitative estimate of drug-likeness (QED) is 0.517. The van der Waals surface area contributed by atoms with E-state index < -0.39 is 11.4 Å². The smallest absolute Gasteiger partial charge is 0.272 e. The summed E-state index contributed by atoms with van der Waals surface area (Å²) < 4.78 is 23.3. The maximum absolute atomic E-state index is 13.6. The Balaban J connectivity index is 1.35. The van der Waals surface area contributed by atoms with Crippen LogP contribution < -0.4 is 9.46 Å². The minimum absolute atomic E-state index is 0.00771. The summed E-state index contributed by atoms with van der Waals surface area (Å²) in [6.45, 7) is 7.29. The maximum Gasteiger partial charge on any atom is 0.272 e. The van der Waals surface area contributed by atoms with Crippen molar-refractivity contribution in [2.75, 3.05) is 20.2 Å². The van der Waals surface area contributed by atoms with Crippen molar-refractivity contribution in [1.29, 1.82) is 0 Å². The number of aromatic nitrogens is 2. The van der Waals surface area contributed by atoms with Crippen molar-refractivity contribution in [3.05, 3.63) is 77.6 Å². The molecule has 2 aromatic carbocycles. The lowest BCUT2D eigenvalue weighted by atomic mass is 9.73. The Labute approximate surface area is 216 Å². The van der Waals surface area contributed by atoms with Crippen molar-refractivity contribution >= 4 is 17.3 Å². The summed E-state index contributed by atoms with van der Waals surface area (Å²) in [6.07, 6.45) is 4.29. The van der Waals surface area contributed by atoms with Crippen LogP contribution in [0.25, 0.3) is 5.69 Å². The number of piperidine rings is 1. The van der Waals surface area contributed by atoms with Crippen LogP contribution in [0, 0.1) is 5.41 Å². The molecule has 1 fully saturated rings. The maximum atomic E-state index is 13.6. The molecular formula is C28H34N4O3S. The van der Waals surface area contributed by atoms with E-state index in [9.17, 15) is 9.35 Å². The highest BCUT2D eigenvalue weighted by atomic mass is 32.2. The van der Waals surface area contributed by atoms with E-state index >= 15 is 0 Å². The van der Waals surface area contributed by atoms with E-state index in [1.165, 1.54) is 11.1 Å². The van der Waals surface area contributed by atoms with Crippen molar-refractivity contribution in [1.82, 2.24) is 19.4 Å². The number of carbonyl (C=O) groups excluding carboxylic acids is 1. The van der Waals surface area contributed by atoms with Gasteiger partial charge in [-0.25, -0.2) is 4.68 Å². The molecule has 1 N–H and O–H groups in total. The molecule has 1 aromatic heterocycles. The SMILES string of the molecule is COc1cccc(-n2nccc2C(=O)N2CCC3(CC2)Cc2ccccc2[C@H]3N[S@+]([O-])C(C)(C)C)c1. The van der Waals surface area contributed by atoms with Gasteiger partial charge in [0.1, 0.15) is 16.2 Å². The molecule has 3 aromatic rings. The molecule has 5 rings (SSSR count). The van der Waals surface area contributed by atoms with E-state index in [1.54, 1.807) is 24.1 Å². The minimum Gasteiger partial charge on any atom is -0.598 e. The molecule has 0 bridgehead atoms. The number of rotatable bonds is 5. The molecule has 0 saturated carbocycles. The van der Waals surface area contributed by atoms with Crippen molar-refractivity contribution in [2.45, 2.75) is 50.8 Å². The van der Waals surface area contributed by atoms with E-state index in [2.05, 4.69) is 34.1 Å². The molecular weight excluding hydrogens is 472 g/mol. The number of amides is 1. The Hall–Kier alpha value is -2.81. The molecule has 1 amide bonds. The van der Waals surface area contributed by atoms with Gasteiger partial charge in [-0.05, 0) is 69.4 Å². The number of fused-ring (bicyclic) bond motifs is 1. The van der Waals surface area contributed by atoms with Gasteiger partial charge in [-0.15, -0.1) is 4.72 Å². The molecule has 0 unspecified atom stereocenters. The van der Waals surface area contributed by atoms with Gasteiger partial charge in [-0.3, -0.25) is 4.79 Å². The van der Waals surface area contributed by atoms with E-state index in [0.29, 0.717) is 24.5 Å². The first-order valence-electron chi connectivity index (χ1n) is 12.5. The Kier molecular flexibility index (Phi) is 6.61. The number of hydrogen-bond acceptors (Lipinski definition) is 5. The topological polar surface area (TPSA) is 82.5 Å². The van der Waals surface area contributed by atoms with Crippen LogP contribution in [0.2, 0.25) is 0 Å².